The monoisotopic (exact) mass is 133 g/mol. The van der Waals surface area contributed by atoms with E-state index in [1.54, 1.807) is 6.92 Å². The summed E-state index contributed by atoms with van der Waals surface area (Å²) < 4.78 is 0. The molecule has 0 aliphatic rings. The van der Waals surface area contributed by atoms with Crippen LogP contribution in [0, 0.1) is 0 Å². The van der Waals surface area contributed by atoms with Gasteiger partial charge in [-0.1, -0.05) is 0 Å². The van der Waals surface area contributed by atoms with Gasteiger partial charge in [-0.15, -0.1) is 0 Å². The molecule has 0 aliphatic carbocycles. The lowest BCUT2D eigenvalue weighted by Crippen LogP contribution is -2.45. The minimum Gasteiger partial charge on any atom is -0.319 e. The molecule has 0 aliphatic heterocycles. The van der Waals surface area contributed by atoms with E-state index in [1.807, 2.05) is 0 Å². The molecule has 0 rings (SSSR count). The highest BCUT2D eigenvalue weighted by atomic mass is 32.1. The van der Waals surface area contributed by atoms with Crippen LogP contribution in [0.3, 0.4) is 0 Å². The van der Waals surface area contributed by atoms with E-state index in [1.165, 1.54) is 6.92 Å². The molecule has 0 bridgehead atoms. The minimum atomic E-state index is -0.733. The lowest BCUT2D eigenvalue weighted by Gasteiger charge is -2.16. The molecule has 0 amide bonds. The molecule has 2 nitrogen and oxygen atoms in total. The van der Waals surface area contributed by atoms with E-state index >= 15 is 0 Å². The second-order valence-electron chi connectivity index (χ2n) is 2.13. The summed E-state index contributed by atoms with van der Waals surface area (Å²) in [5.41, 5.74) is 4.70. The first-order chi connectivity index (χ1) is 3.50. The molecule has 1 unspecified atom stereocenters. The van der Waals surface area contributed by atoms with Crippen LogP contribution in [0.2, 0.25) is 0 Å². The second kappa shape index (κ2) is 2.51. The number of carbonyl (C=O) groups is 1. The first-order valence-corrected chi connectivity index (χ1v) is 3.05. The van der Waals surface area contributed by atoms with Gasteiger partial charge < -0.3 is 5.73 Å². The SMILES string of the molecule is CC(=O)C(C)(N)CS. The average Bonchev–Trinajstić information content (AvgIpc) is 1.67. The van der Waals surface area contributed by atoms with Crippen molar-refractivity contribution in [3.63, 3.8) is 0 Å². The van der Waals surface area contributed by atoms with Crippen molar-refractivity contribution in [3.8, 4) is 0 Å². The molecule has 0 spiro atoms. The fraction of sp³-hybridized carbons (Fsp3) is 0.800. The third-order valence-corrected chi connectivity index (χ3v) is 1.79. The molecule has 0 saturated carbocycles. The molecular weight excluding hydrogens is 122 g/mol. The minimum absolute atomic E-state index is 0.0208. The maximum atomic E-state index is 10.5. The topological polar surface area (TPSA) is 43.1 Å². The molecule has 48 valence electrons. The highest BCUT2D eigenvalue weighted by molar-refractivity contribution is 7.80. The number of hydrogen-bond acceptors (Lipinski definition) is 3. The van der Waals surface area contributed by atoms with Crippen molar-refractivity contribution in [1.29, 1.82) is 0 Å². The van der Waals surface area contributed by atoms with Crippen LogP contribution in [0.5, 0.6) is 0 Å². The van der Waals surface area contributed by atoms with E-state index in [9.17, 15) is 4.79 Å². The number of Topliss-reactive ketones (excluding diaryl/α,β-unsaturated/α-hetero) is 1. The Hall–Kier alpha value is -0.0200. The Balaban J connectivity index is 3.91. The van der Waals surface area contributed by atoms with Gasteiger partial charge in [0, 0.05) is 5.75 Å². The van der Waals surface area contributed by atoms with E-state index < -0.39 is 5.54 Å². The lowest BCUT2D eigenvalue weighted by atomic mass is 10.0. The van der Waals surface area contributed by atoms with Gasteiger partial charge in [0.2, 0.25) is 0 Å². The summed E-state index contributed by atoms with van der Waals surface area (Å²) in [5, 5.41) is 0. The largest absolute Gasteiger partial charge is 0.319 e. The van der Waals surface area contributed by atoms with E-state index in [-0.39, 0.29) is 5.78 Å². The van der Waals surface area contributed by atoms with Gasteiger partial charge in [-0.25, -0.2) is 0 Å². The number of hydrogen-bond donors (Lipinski definition) is 2. The van der Waals surface area contributed by atoms with Gasteiger partial charge in [0.25, 0.3) is 0 Å². The zero-order valence-electron chi connectivity index (χ0n) is 5.14. The maximum absolute atomic E-state index is 10.5. The van der Waals surface area contributed by atoms with Gasteiger partial charge in [0.1, 0.15) is 5.78 Å². The first kappa shape index (κ1) is 7.98. The third-order valence-electron chi connectivity index (χ3n) is 1.13. The summed E-state index contributed by atoms with van der Waals surface area (Å²) in [5.74, 6) is 0.384. The van der Waals surface area contributed by atoms with Gasteiger partial charge in [-0.05, 0) is 13.8 Å². The fourth-order valence-corrected chi connectivity index (χ4v) is 0.334. The van der Waals surface area contributed by atoms with Crippen LogP contribution in [0.1, 0.15) is 13.8 Å². The van der Waals surface area contributed by atoms with Crippen molar-refractivity contribution in [1.82, 2.24) is 0 Å². The predicted molar refractivity (Wildman–Crippen MR) is 37.1 cm³/mol. The number of ketones is 1. The number of carbonyl (C=O) groups excluding carboxylic acids is 1. The van der Waals surface area contributed by atoms with Crippen molar-refractivity contribution in [2.75, 3.05) is 5.75 Å². The predicted octanol–water partition coefficient (Wildman–Crippen LogP) is 0.223. The second-order valence-corrected chi connectivity index (χ2v) is 2.45. The van der Waals surface area contributed by atoms with Crippen molar-refractivity contribution >= 4 is 18.4 Å². The Morgan fingerprint density at radius 1 is 1.88 bits per heavy atom. The zero-order chi connectivity index (χ0) is 6.78. The van der Waals surface area contributed by atoms with E-state index in [2.05, 4.69) is 12.6 Å². The van der Waals surface area contributed by atoms with Crippen molar-refractivity contribution in [2.45, 2.75) is 19.4 Å². The summed E-state index contributed by atoms with van der Waals surface area (Å²) in [6, 6.07) is 0. The molecule has 8 heavy (non-hydrogen) atoms. The summed E-state index contributed by atoms with van der Waals surface area (Å²) in [6.45, 7) is 3.14. The molecule has 0 aromatic carbocycles. The first-order valence-electron chi connectivity index (χ1n) is 2.41. The summed E-state index contributed by atoms with van der Waals surface area (Å²) in [7, 11) is 0. The van der Waals surface area contributed by atoms with E-state index in [0.717, 1.165) is 0 Å². The van der Waals surface area contributed by atoms with Crippen molar-refractivity contribution in [3.05, 3.63) is 0 Å². The van der Waals surface area contributed by atoms with Crippen LogP contribution in [0.4, 0.5) is 0 Å². The highest BCUT2D eigenvalue weighted by Gasteiger charge is 2.21. The normalized spacial score (nSPS) is 17.5. The van der Waals surface area contributed by atoms with Gasteiger partial charge in [-0.2, -0.15) is 12.6 Å². The molecule has 0 aromatic heterocycles. The Morgan fingerprint density at radius 3 is 2.25 bits per heavy atom. The number of rotatable bonds is 2. The Bertz CT molecular complexity index is 101. The Kier molecular flexibility index (Phi) is 2.50. The standard InChI is InChI=1S/C5H11NOS/c1-4(7)5(2,6)3-8/h8H,3,6H2,1-2H3. The molecular formula is C5H11NOS. The lowest BCUT2D eigenvalue weighted by molar-refractivity contribution is -0.120. The highest BCUT2D eigenvalue weighted by Crippen LogP contribution is 2.01. The summed E-state index contributed by atoms with van der Waals surface area (Å²) in [4.78, 5) is 10.5. The van der Waals surface area contributed by atoms with Crippen LogP contribution in [-0.4, -0.2) is 17.1 Å². The van der Waals surface area contributed by atoms with Crippen molar-refractivity contribution in [2.24, 2.45) is 5.73 Å². The summed E-state index contributed by atoms with van der Waals surface area (Å²) in [6.07, 6.45) is 0. The van der Waals surface area contributed by atoms with Gasteiger partial charge in [-0.3, -0.25) is 4.79 Å². The van der Waals surface area contributed by atoms with Crippen molar-refractivity contribution < 1.29 is 4.79 Å². The number of nitrogens with two attached hydrogens (primary N) is 1. The van der Waals surface area contributed by atoms with Gasteiger partial charge >= 0.3 is 0 Å². The summed E-state index contributed by atoms with van der Waals surface area (Å²) >= 11 is 3.89. The third kappa shape index (κ3) is 1.84. The number of thiol groups is 1. The molecule has 2 N–H and O–H groups in total. The average molecular weight is 133 g/mol. The quantitative estimate of drug-likeness (QED) is 0.529. The molecule has 0 aromatic rings. The van der Waals surface area contributed by atoms with Crippen LogP contribution >= 0.6 is 12.6 Å². The molecule has 0 saturated heterocycles. The Morgan fingerprint density at radius 2 is 2.25 bits per heavy atom. The van der Waals surface area contributed by atoms with E-state index in [0.29, 0.717) is 5.75 Å². The van der Waals surface area contributed by atoms with Crippen LogP contribution in [-0.2, 0) is 4.79 Å². The fourth-order valence-electron chi connectivity index (χ4n) is 0.111. The van der Waals surface area contributed by atoms with Gasteiger partial charge in [0.15, 0.2) is 0 Å². The Labute approximate surface area is 54.9 Å². The van der Waals surface area contributed by atoms with Crippen LogP contribution < -0.4 is 5.73 Å². The molecule has 3 heteroatoms. The smallest absolute Gasteiger partial charge is 0.150 e. The van der Waals surface area contributed by atoms with Crippen LogP contribution in [0.25, 0.3) is 0 Å². The van der Waals surface area contributed by atoms with E-state index in [4.69, 9.17) is 5.73 Å². The molecule has 0 heterocycles. The molecule has 0 radical (unpaired) electrons. The zero-order valence-corrected chi connectivity index (χ0v) is 6.03. The molecule has 1 atom stereocenters. The van der Waals surface area contributed by atoms with Crippen LogP contribution in [0.15, 0.2) is 0 Å². The van der Waals surface area contributed by atoms with Gasteiger partial charge in [0.05, 0.1) is 5.54 Å². The maximum Gasteiger partial charge on any atom is 0.150 e. The molecule has 0 fully saturated rings.